The number of hydrogen-bond acceptors (Lipinski definition) is 5. The molecular formula is C29H26Cl2O5. The number of fused-ring (bicyclic) bond motifs is 1. The second-order valence-corrected chi connectivity index (χ2v) is 9.02. The summed E-state index contributed by atoms with van der Waals surface area (Å²) in [5, 5.41) is 2.36. The quantitative estimate of drug-likeness (QED) is 0.168. The number of hydrogen-bond donors (Lipinski definition) is 0. The maximum Gasteiger partial charge on any atom is 0.315 e. The molecule has 0 aliphatic carbocycles. The Morgan fingerprint density at radius 3 is 1.92 bits per heavy atom. The molecule has 0 unspecified atom stereocenters. The summed E-state index contributed by atoms with van der Waals surface area (Å²) in [6, 6.07) is 20.5. The molecular weight excluding hydrogens is 499 g/mol. The van der Waals surface area contributed by atoms with Gasteiger partial charge in [0.25, 0.3) is 0 Å². The Labute approximate surface area is 220 Å². The molecule has 4 aromatic rings. The summed E-state index contributed by atoms with van der Waals surface area (Å²) >= 11 is 12.3. The number of methoxy groups -OCH3 is 2. The summed E-state index contributed by atoms with van der Waals surface area (Å²) in [5.41, 5.74) is 2.98. The van der Waals surface area contributed by atoms with E-state index in [4.69, 9.17) is 42.1 Å². The molecule has 0 spiro atoms. The molecule has 0 aromatic heterocycles. The summed E-state index contributed by atoms with van der Waals surface area (Å²) in [7, 11) is 2.99. The van der Waals surface area contributed by atoms with Crippen molar-refractivity contribution in [2.45, 2.75) is 26.4 Å². The largest absolute Gasteiger partial charge is 0.490 e. The number of carbonyl (C=O) groups is 1. The van der Waals surface area contributed by atoms with Gasteiger partial charge in [0, 0.05) is 20.8 Å². The molecule has 0 amide bonds. The Balaban J connectivity index is 1.72. The Hall–Kier alpha value is -3.41. The van der Waals surface area contributed by atoms with Gasteiger partial charge in [0.2, 0.25) is 11.5 Å². The first kappa shape index (κ1) is 25.7. The number of rotatable bonds is 9. The normalized spacial score (nSPS) is 10.8. The van der Waals surface area contributed by atoms with Crippen LogP contribution < -0.4 is 18.9 Å². The Bertz CT molecular complexity index is 1370. The first-order valence-electron chi connectivity index (χ1n) is 11.5. The standard InChI is InChI=1S/C29H26Cl2O5/c1-4-18-5-7-19(8-6-18)15-25(32)36-27-24-16-22(31)13-14-23(24)26(28(33-2)29(27)34-3)35-17-20-9-11-21(30)12-10-20/h5-14,16H,4,15,17H2,1-3H3. The van der Waals surface area contributed by atoms with E-state index in [0.29, 0.717) is 32.3 Å². The lowest BCUT2D eigenvalue weighted by molar-refractivity contribution is -0.133. The molecule has 0 saturated heterocycles. The van der Waals surface area contributed by atoms with Crippen molar-refractivity contribution in [2.24, 2.45) is 0 Å². The molecule has 4 aromatic carbocycles. The highest BCUT2D eigenvalue weighted by Crippen LogP contribution is 2.51. The van der Waals surface area contributed by atoms with Gasteiger partial charge in [-0.25, -0.2) is 0 Å². The van der Waals surface area contributed by atoms with E-state index in [1.165, 1.54) is 19.8 Å². The monoisotopic (exact) mass is 524 g/mol. The fourth-order valence-electron chi connectivity index (χ4n) is 3.91. The lowest BCUT2D eigenvalue weighted by Crippen LogP contribution is -2.13. The molecule has 4 rings (SSSR count). The van der Waals surface area contributed by atoms with Crippen LogP contribution in [0, 0.1) is 0 Å². The van der Waals surface area contributed by atoms with E-state index in [0.717, 1.165) is 17.5 Å². The molecule has 0 bridgehead atoms. The molecule has 0 aliphatic rings. The van der Waals surface area contributed by atoms with Crippen LogP contribution in [0.15, 0.2) is 66.7 Å². The second-order valence-electron chi connectivity index (χ2n) is 8.15. The number of ether oxygens (including phenoxy) is 4. The van der Waals surface area contributed by atoms with Crippen molar-refractivity contribution in [1.82, 2.24) is 0 Å². The molecule has 0 aliphatic heterocycles. The van der Waals surface area contributed by atoms with Gasteiger partial charge in [-0.3, -0.25) is 4.79 Å². The third-order valence-corrected chi connectivity index (χ3v) is 6.28. The molecule has 0 N–H and O–H groups in total. The van der Waals surface area contributed by atoms with Crippen LogP contribution in [-0.2, 0) is 24.2 Å². The summed E-state index contributed by atoms with van der Waals surface area (Å²) in [6.07, 6.45) is 1.03. The predicted octanol–water partition coefficient (Wildman–Crippen LogP) is 7.45. The minimum absolute atomic E-state index is 0.104. The van der Waals surface area contributed by atoms with E-state index in [9.17, 15) is 4.79 Å². The van der Waals surface area contributed by atoms with Crippen molar-refractivity contribution in [3.8, 4) is 23.0 Å². The molecule has 5 nitrogen and oxygen atoms in total. The van der Waals surface area contributed by atoms with E-state index in [-0.39, 0.29) is 24.5 Å². The fraction of sp³-hybridized carbons (Fsp3) is 0.207. The van der Waals surface area contributed by atoms with Crippen LogP contribution in [0.25, 0.3) is 10.8 Å². The number of benzene rings is 4. The van der Waals surface area contributed by atoms with Crippen LogP contribution in [0.3, 0.4) is 0 Å². The van der Waals surface area contributed by atoms with Crippen molar-refractivity contribution >= 4 is 39.9 Å². The number of aryl methyl sites for hydroxylation is 1. The Morgan fingerprint density at radius 2 is 1.28 bits per heavy atom. The van der Waals surface area contributed by atoms with Gasteiger partial charge in [0.15, 0.2) is 11.5 Å². The maximum atomic E-state index is 13.0. The van der Waals surface area contributed by atoms with E-state index in [1.54, 1.807) is 30.3 Å². The highest BCUT2D eigenvalue weighted by atomic mass is 35.5. The summed E-state index contributed by atoms with van der Waals surface area (Å²) in [4.78, 5) is 13.0. The predicted molar refractivity (Wildman–Crippen MR) is 143 cm³/mol. The van der Waals surface area contributed by atoms with E-state index in [1.807, 2.05) is 36.4 Å². The maximum absolute atomic E-state index is 13.0. The van der Waals surface area contributed by atoms with Gasteiger partial charge >= 0.3 is 5.97 Å². The minimum Gasteiger partial charge on any atom is -0.490 e. The van der Waals surface area contributed by atoms with Gasteiger partial charge in [0.05, 0.1) is 20.6 Å². The summed E-state index contributed by atoms with van der Waals surface area (Å²) < 4.78 is 23.4. The average molecular weight is 525 g/mol. The van der Waals surface area contributed by atoms with Crippen molar-refractivity contribution in [3.63, 3.8) is 0 Å². The van der Waals surface area contributed by atoms with Crippen molar-refractivity contribution in [3.05, 3.63) is 93.5 Å². The Kier molecular flexibility index (Phi) is 8.24. The van der Waals surface area contributed by atoms with Gasteiger partial charge in [-0.15, -0.1) is 0 Å². The number of esters is 1. The van der Waals surface area contributed by atoms with Gasteiger partial charge in [-0.05, 0) is 53.4 Å². The summed E-state index contributed by atoms with van der Waals surface area (Å²) in [6.45, 7) is 2.35. The lowest BCUT2D eigenvalue weighted by atomic mass is 10.1. The Morgan fingerprint density at radius 1 is 0.694 bits per heavy atom. The van der Waals surface area contributed by atoms with E-state index < -0.39 is 5.97 Å². The van der Waals surface area contributed by atoms with Gasteiger partial charge in [-0.1, -0.05) is 66.5 Å². The van der Waals surface area contributed by atoms with Crippen LogP contribution in [0.1, 0.15) is 23.6 Å². The highest BCUT2D eigenvalue weighted by molar-refractivity contribution is 6.31. The zero-order chi connectivity index (χ0) is 25.7. The molecule has 7 heteroatoms. The zero-order valence-electron chi connectivity index (χ0n) is 20.3. The van der Waals surface area contributed by atoms with Crippen LogP contribution >= 0.6 is 23.2 Å². The SMILES string of the molecule is CCc1ccc(CC(=O)Oc2c(OC)c(OC)c(OCc3ccc(Cl)cc3)c3ccc(Cl)cc23)cc1. The molecule has 186 valence electrons. The smallest absolute Gasteiger partial charge is 0.315 e. The van der Waals surface area contributed by atoms with Crippen LogP contribution in [0.4, 0.5) is 0 Å². The first-order chi connectivity index (χ1) is 17.4. The molecule has 0 atom stereocenters. The molecule has 0 fully saturated rings. The lowest BCUT2D eigenvalue weighted by Gasteiger charge is -2.20. The number of carbonyl (C=O) groups excluding carboxylic acids is 1. The van der Waals surface area contributed by atoms with Crippen molar-refractivity contribution in [2.75, 3.05) is 14.2 Å². The molecule has 0 saturated carbocycles. The van der Waals surface area contributed by atoms with E-state index in [2.05, 4.69) is 6.92 Å². The summed E-state index contributed by atoms with van der Waals surface area (Å²) in [5.74, 6) is 0.798. The van der Waals surface area contributed by atoms with Crippen molar-refractivity contribution in [1.29, 1.82) is 0 Å². The highest BCUT2D eigenvalue weighted by Gasteiger charge is 2.26. The van der Waals surface area contributed by atoms with Gasteiger partial charge in [0.1, 0.15) is 6.61 Å². The molecule has 36 heavy (non-hydrogen) atoms. The van der Waals surface area contributed by atoms with Crippen LogP contribution in [-0.4, -0.2) is 20.2 Å². The number of halogens is 2. The average Bonchev–Trinajstić information content (AvgIpc) is 2.89. The van der Waals surface area contributed by atoms with Gasteiger partial charge < -0.3 is 18.9 Å². The topological polar surface area (TPSA) is 54.0 Å². The second kappa shape index (κ2) is 11.5. The zero-order valence-corrected chi connectivity index (χ0v) is 21.8. The molecule has 0 radical (unpaired) electrons. The fourth-order valence-corrected chi connectivity index (χ4v) is 4.21. The van der Waals surface area contributed by atoms with Crippen LogP contribution in [0.5, 0.6) is 23.0 Å². The van der Waals surface area contributed by atoms with Gasteiger partial charge in [-0.2, -0.15) is 0 Å². The van der Waals surface area contributed by atoms with E-state index >= 15 is 0 Å². The minimum atomic E-state index is -0.435. The third-order valence-electron chi connectivity index (χ3n) is 5.79. The molecule has 0 heterocycles. The first-order valence-corrected chi connectivity index (χ1v) is 12.2. The third kappa shape index (κ3) is 5.69. The van der Waals surface area contributed by atoms with Crippen LogP contribution in [0.2, 0.25) is 10.0 Å². The van der Waals surface area contributed by atoms with Crippen molar-refractivity contribution < 1.29 is 23.7 Å².